The van der Waals surface area contributed by atoms with E-state index in [1.807, 2.05) is 0 Å². The average molecular weight is 321 g/mol. The molecular weight excluding hydrogens is 310 g/mol. The van der Waals surface area contributed by atoms with Crippen molar-refractivity contribution in [2.24, 2.45) is 0 Å². The highest BCUT2D eigenvalue weighted by atomic mass is 32.1. The number of hydrogen-bond acceptors (Lipinski definition) is 6. The minimum Gasteiger partial charge on any atom is -0.429 e. The summed E-state index contributed by atoms with van der Waals surface area (Å²) in [6, 6.07) is 5.27. The molecule has 0 radical (unpaired) electrons. The molecule has 0 bridgehead atoms. The number of nitrogens with one attached hydrogen (secondary N) is 2. The summed E-state index contributed by atoms with van der Waals surface area (Å²) >= 11 is 6.30. The third-order valence-electron chi connectivity index (χ3n) is 2.73. The summed E-state index contributed by atoms with van der Waals surface area (Å²) < 4.78 is 10.3. The number of rotatable bonds is 4. The van der Waals surface area contributed by atoms with E-state index in [4.69, 9.17) is 21.4 Å². The van der Waals surface area contributed by atoms with Crippen molar-refractivity contribution in [2.45, 2.75) is 6.61 Å². The van der Waals surface area contributed by atoms with Crippen molar-refractivity contribution in [3.05, 3.63) is 39.1 Å². The van der Waals surface area contributed by atoms with Gasteiger partial charge in [0.2, 0.25) is 0 Å². The number of nitrogens with zero attached hydrogens (tertiary/aromatic N) is 1. The standard InChI is InChI=1S/C13H11N3O3S2/c1-18-5-11-15-9(6-21-11)12(17)14-7-2-3-8-10(4-7)19-13(20)16-8/h2-4,6H,5H2,1H3,(H,14,17)(H,16,20). The molecule has 1 aromatic carbocycles. The van der Waals surface area contributed by atoms with Crippen molar-refractivity contribution in [3.63, 3.8) is 0 Å². The maximum atomic E-state index is 12.1. The second-order valence-corrected chi connectivity index (χ2v) is 5.55. The lowest BCUT2D eigenvalue weighted by molar-refractivity contribution is 0.102. The molecule has 6 nitrogen and oxygen atoms in total. The van der Waals surface area contributed by atoms with Gasteiger partial charge in [0.05, 0.1) is 12.1 Å². The first kappa shape index (κ1) is 13.9. The topological polar surface area (TPSA) is 80.1 Å². The Morgan fingerprint density at radius 2 is 2.43 bits per heavy atom. The van der Waals surface area contributed by atoms with Crippen molar-refractivity contribution >= 4 is 46.2 Å². The van der Waals surface area contributed by atoms with E-state index in [0.717, 1.165) is 10.5 Å². The molecule has 0 atom stereocenters. The fourth-order valence-electron chi connectivity index (χ4n) is 1.82. The lowest BCUT2D eigenvalue weighted by Gasteiger charge is -2.02. The predicted molar refractivity (Wildman–Crippen MR) is 82.2 cm³/mol. The average Bonchev–Trinajstić information content (AvgIpc) is 3.04. The van der Waals surface area contributed by atoms with Gasteiger partial charge in [0, 0.05) is 24.2 Å². The quantitative estimate of drug-likeness (QED) is 0.720. The molecule has 21 heavy (non-hydrogen) atoms. The first-order chi connectivity index (χ1) is 10.2. The van der Waals surface area contributed by atoms with Gasteiger partial charge < -0.3 is 19.5 Å². The summed E-state index contributed by atoms with van der Waals surface area (Å²) in [4.78, 5) is 19.5. The van der Waals surface area contributed by atoms with Crippen LogP contribution in [0.15, 0.2) is 28.0 Å². The van der Waals surface area contributed by atoms with Crippen molar-refractivity contribution in [2.75, 3.05) is 12.4 Å². The summed E-state index contributed by atoms with van der Waals surface area (Å²) in [7, 11) is 1.59. The molecule has 8 heteroatoms. The molecule has 0 aliphatic rings. The van der Waals surface area contributed by atoms with E-state index in [2.05, 4.69) is 15.3 Å². The van der Waals surface area contributed by atoms with Gasteiger partial charge in [0.25, 0.3) is 10.7 Å². The number of thiazole rings is 1. The third kappa shape index (κ3) is 3.02. The maximum absolute atomic E-state index is 12.1. The third-order valence-corrected chi connectivity index (χ3v) is 3.74. The number of amides is 1. The van der Waals surface area contributed by atoms with Crippen LogP contribution < -0.4 is 5.32 Å². The first-order valence-electron chi connectivity index (χ1n) is 6.03. The lowest BCUT2D eigenvalue weighted by Crippen LogP contribution is -2.12. The van der Waals surface area contributed by atoms with Crippen molar-refractivity contribution in [1.29, 1.82) is 0 Å². The van der Waals surface area contributed by atoms with E-state index in [1.165, 1.54) is 11.3 Å². The SMILES string of the molecule is COCc1nc(C(=O)Nc2ccc3[nH]c(=S)oc3c2)cs1. The highest BCUT2D eigenvalue weighted by Gasteiger charge is 2.11. The van der Waals surface area contributed by atoms with Gasteiger partial charge in [0.1, 0.15) is 10.7 Å². The predicted octanol–water partition coefficient (Wildman–Crippen LogP) is 3.35. The van der Waals surface area contributed by atoms with Crippen LogP contribution in [0.5, 0.6) is 0 Å². The van der Waals surface area contributed by atoms with E-state index in [9.17, 15) is 4.79 Å². The van der Waals surface area contributed by atoms with Gasteiger partial charge in [0.15, 0.2) is 5.58 Å². The molecule has 0 saturated carbocycles. The number of oxazole rings is 1. The molecule has 0 saturated heterocycles. The Labute approximate surface area is 128 Å². The molecule has 1 amide bonds. The fraction of sp³-hybridized carbons (Fsp3) is 0.154. The number of aromatic amines is 1. The summed E-state index contributed by atoms with van der Waals surface area (Å²) in [6.07, 6.45) is 0. The Kier molecular flexibility index (Phi) is 3.82. The zero-order valence-corrected chi connectivity index (χ0v) is 12.6. The molecule has 2 aromatic heterocycles. The van der Waals surface area contributed by atoms with E-state index in [-0.39, 0.29) is 5.91 Å². The Morgan fingerprint density at radius 1 is 1.57 bits per heavy atom. The molecule has 2 N–H and O–H groups in total. The molecule has 0 aliphatic carbocycles. The number of hydrogen-bond donors (Lipinski definition) is 2. The van der Waals surface area contributed by atoms with E-state index in [1.54, 1.807) is 30.7 Å². The van der Waals surface area contributed by atoms with Gasteiger partial charge in [-0.25, -0.2) is 4.98 Å². The summed E-state index contributed by atoms with van der Waals surface area (Å²) in [5.74, 6) is -0.276. The molecule has 0 spiro atoms. The minimum absolute atomic E-state index is 0.276. The number of aromatic nitrogens is 2. The zero-order valence-electron chi connectivity index (χ0n) is 11.0. The largest absolute Gasteiger partial charge is 0.429 e. The summed E-state index contributed by atoms with van der Waals surface area (Å²) in [5, 5.41) is 5.23. The number of carbonyl (C=O) groups is 1. The van der Waals surface area contributed by atoms with E-state index in [0.29, 0.717) is 28.4 Å². The molecule has 108 valence electrons. The molecule has 0 fully saturated rings. The number of methoxy groups -OCH3 is 1. The number of benzene rings is 1. The Hall–Kier alpha value is -2.03. The fourth-order valence-corrected chi connectivity index (χ4v) is 2.77. The summed E-state index contributed by atoms with van der Waals surface area (Å²) in [6.45, 7) is 0.397. The normalized spacial score (nSPS) is 10.9. The first-order valence-corrected chi connectivity index (χ1v) is 7.32. The monoisotopic (exact) mass is 321 g/mol. The van der Waals surface area contributed by atoms with Crippen LogP contribution in [-0.2, 0) is 11.3 Å². The molecule has 2 heterocycles. The minimum atomic E-state index is -0.276. The van der Waals surface area contributed by atoms with Gasteiger partial charge >= 0.3 is 0 Å². The van der Waals surface area contributed by atoms with Gasteiger partial charge in [-0.1, -0.05) is 0 Å². The number of ether oxygens (including phenoxy) is 1. The van der Waals surface area contributed by atoms with Gasteiger partial charge in [-0.05, 0) is 24.4 Å². The van der Waals surface area contributed by atoms with E-state index < -0.39 is 0 Å². The Balaban J connectivity index is 1.79. The molecule has 3 rings (SSSR count). The van der Waals surface area contributed by atoms with Gasteiger partial charge in [-0.2, -0.15) is 0 Å². The van der Waals surface area contributed by atoms with Crippen molar-refractivity contribution < 1.29 is 13.9 Å². The maximum Gasteiger partial charge on any atom is 0.275 e. The summed E-state index contributed by atoms with van der Waals surface area (Å²) in [5.41, 5.74) is 2.36. The number of fused-ring (bicyclic) bond motifs is 1. The molecular formula is C13H11N3O3S2. The molecule has 0 aliphatic heterocycles. The van der Waals surface area contributed by atoms with Crippen LogP contribution in [0.25, 0.3) is 11.1 Å². The highest BCUT2D eigenvalue weighted by Crippen LogP contribution is 2.19. The molecule has 3 aromatic rings. The molecule has 0 unspecified atom stereocenters. The van der Waals surface area contributed by atoms with Gasteiger partial charge in [-0.3, -0.25) is 4.79 Å². The Morgan fingerprint density at radius 3 is 3.24 bits per heavy atom. The van der Waals surface area contributed by atoms with Crippen LogP contribution in [0.2, 0.25) is 0 Å². The zero-order chi connectivity index (χ0) is 14.8. The smallest absolute Gasteiger partial charge is 0.275 e. The second-order valence-electron chi connectivity index (χ2n) is 4.24. The lowest BCUT2D eigenvalue weighted by atomic mass is 10.3. The Bertz CT molecular complexity index is 850. The van der Waals surface area contributed by atoms with Crippen molar-refractivity contribution in [1.82, 2.24) is 9.97 Å². The second kappa shape index (κ2) is 5.76. The van der Waals surface area contributed by atoms with Crippen LogP contribution in [-0.4, -0.2) is 23.0 Å². The van der Waals surface area contributed by atoms with Gasteiger partial charge in [-0.15, -0.1) is 11.3 Å². The number of anilines is 1. The van der Waals surface area contributed by atoms with Crippen LogP contribution in [0, 0.1) is 4.84 Å². The van der Waals surface area contributed by atoms with Crippen LogP contribution in [0.4, 0.5) is 5.69 Å². The van der Waals surface area contributed by atoms with Crippen LogP contribution in [0.1, 0.15) is 15.5 Å². The van der Waals surface area contributed by atoms with Crippen LogP contribution >= 0.6 is 23.6 Å². The van der Waals surface area contributed by atoms with Crippen LogP contribution in [0.3, 0.4) is 0 Å². The van der Waals surface area contributed by atoms with E-state index >= 15 is 0 Å². The highest BCUT2D eigenvalue weighted by molar-refractivity contribution is 7.71. The number of H-pyrrole nitrogens is 1. The number of carbonyl (C=O) groups excluding carboxylic acids is 1. The van der Waals surface area contributed by atoms with Crippen molar-refractivity contribution in [3.8, 4) is 0 Å².